The van der Waals surface area contributed by atoms with Gasteiger partial charge >= 0.3 is 5.97 Å². The van der Waals surface area contributed by atoms with Gasteiger partial charge in [-0.2, -0.15) is 5.26 Å². The number of carbonyl (C=O) groups excluding carboxylic acids is 3. The number of Topliss-reactive ketones (excluding diaryl/α,β-unsaturated/α-hetero) is 1. The molecule has 0 heterocycles. The molecule has 0 bridgehead atoms. The van der Waals surface area contributed by atoms with Crippen molar-refractivity contribution in [2.75, 3.05) is 7.11 Å². The van der Waals surface area contributed by atoms with Gasteiger partial charge in [0.2, 0.25) is 0 Å². The van der Waals surface area contributed by atoms with Crippen LogP contribution in [-0.4, -0.2) is 24.6 Å². The van der Waals surface area contributed by atoms with Crippen LogP contribution in [0.1, 0.15) is 107 Å². The standard InChI is InChI=1S/C30H41NO4.C2H6.CH4/c1-17-19-7-9-28(4)20-8-10-30(26(34)35-6)12-11-27(2,3)15-21(30)24(20)22(32)13-23(28)29(19,5)14-18(16-31)25(17)33;1-2;/h13,17-21,24H,7-12,14-15H2,1-6H3;1-2H3;1H4. The summed E-state index contributed by atoms with van der Waals surface area (Å²) in [7, 11) is 1.49. The molecule has 5 nitrogen and oxygen atoms in total. The number of ketones is 2. The molecule has 0 saturated heterocycles. The number of nitrogens with zero attached hydrogens (tertiary/aromatic N) is 1. The van der Waals surface area contributed by atoms with Crippen molar-refractivity contribution in [2.45, 2.75) is 107 Å². The number of methoxy groups -OCH3 is 1. The minimum absolute atomic E-state index is 0. The Balaban J connectivity index is 0.00000130. The first-order valence-electron chi connectivity index (χ1n) is 14.6. The molecule has 0 amide bonds. The van der Waals surface area contributed by atoms with Crippen LogP contribution in [0.2, 0.25) is 0 Å². The molecule has 0 aromatic rings. The van der Waals surface area contributed by atoms with Crippen molar-refractivity contribution in [2.24, 2.45) is 57.2 Å². The SMILES string of the molecule is C.CC.COC(=O)C12CCC3C(C(=O)C=C4C5(C)CC(C#N)C(=O)C(C)C5CCC43C)C1CC(C)(C)CC2. The lowest BCUT2D eigenvalue weighted by Crippen LogP contribution is -2.61. The van der Waals surface area contributed by atoms with E-state index in [1.165, 1.54) is 12.7 Å². The Bertz CT molecular complexity index is 1050. The Morgan fingerprint density at radius 2 is 1.58 bits per heavy atom. The molecule has 0 aliphatic heterocycles. The van der Waals surface area contributed by atoms with Crippen LogP contribution < -0.4 is 0 Å². The predicted octanol–water partition coefficient (Wildman–Crippen LogP) is 7.34. The molecule has 9 atom stereocenters. The van der Waals surface area contributed by atoms with E-state index in [-0.39, 0.29) is 70.8 Å². The molecule has 5 rings (SSSR count). The third-order valence-corrected chi connectivity index (χ3v) is 11.7. The third kappa shape index (κ3) is 4.11. The number of esters is 1. The van der Waals surface area contributed by atoms with E-state index in [2.05, 4.69) is 33.8 Å². The van der Waals surface area contributed by atoms with Crippen LogP contribution in [-0.2, 0) is 19.1 Å². The van der Waals surface area contributed by atoms with Crippen LogP contribution >= 0.6 is 0 Å². The summed E-state index contributed by atoms with van der Waals surface area (Å²) in [4.78, 5) is 40.2. The van der Waals surface area contributed by atoms with Crippen LogP contribution in [0.5, 0.6) is 0 Å². The lowest BCUT2D eigenvalue weighted by atomic mass is 9.38. The molecule has 212 valence electrons. The second-order valence-electron chi connectivity index (χ2n) is 13.8. The van der Waals surface area contributed by atoms with E-state index in [1.54, 1.807) is 0 Å². The normalized spacial score (nSPS) is 44.7. The van der Waals surface area contributed by atoms with Gasteiger partial charge in [0, 0.05) is 11.8 Å². The van der Waals surface area contributed by atoms with Gasteiger partial charge in [-0.05, 0) is 91.4 Å². The van der Waals surface area contributed by atoms with Crippen LogP contribution in [0, 0.1) is 68.5 Å². The first kappa shape index (κ1) is 30.6. The van der Waals surface area contributed by atoms with E-state index >= 15 is 0 Å². The van der Waals surface area contributed by atoms with Gasteiger partial charge in [-0.25, -0.2) is 0 Å². The van der Waals surface area contributed by atoms with E-state index in [4.69, 9.17) is 4.74 Å². The van der Waals surface area contributed by atoms with Crippen molar-refractivity contribution in [3.8, 4) is 6.07 Å². The minimum Gasteiger partial charge on any atom is -0.469 e. The number of fused-ring (bicyclic) bond motifs is 7. The van der Waals surface area contributed by atoms with Gasteiger partial charge in [-0.1, -0.05) is 61.5 Å². The van der Waals surface area contributed by atoms with Crippen molar-refractivity contribution < 1.29 is 19.1 Å². The van der Waals surface area contributed by atoms with Gasteiger partial charge in [-0.15, -0.1) is 0 Å². The molecule has 0 aromatic carbocycles. The van der Waals surface area contributed by atoms with Crippen molar-refractivity contribution in [1.29, 1.82) is 5.26 Å². The zero-order valence-electron chi connectivity index (χ0n) is 24.3. The van der Waals surface area contributed by atoms with E-state index in [0.29, 0.717) is 6.42 Å². The maximum Gasteiger partial charge on any atom is 0.312 e. The van der Waals surface area contributed by atoms with Crippen LogP contribution in [0.3, 0.4) is 0 Å². The Morgan fingerprint density at radius 1 is 0.947 bits per heavy atom. The summed E-state index contributed by atoms with van der Waals surface area (Å²) in [6.45, 7) is 15.1. The minimum atomic E-state index is -0.597. The van der Waals surface area contributed by atoms with Gasteiger partial charge < -0.3 is 4.74 Å². The molecular formula is C33H51NO4. The van der Waals surface area contributed by atoms with E-state index in [1.807, 2.05) is 26.8 Å². The first-order chi connectivity index (χ1) is 17.3. The summed E-state index contributed by atoms with van der Waals surface area (Å²) >= 11 is 0. The third-order valence-electron chi connectivity index (χ3n) is 11.7. The van der Waals surface area contributed by atoms with E-state index < -0.39 is 11.3 Å². The topological polar surface area (TPSA) is 84.2 Å². The fraction of sp³-hybridized carbons (Fsp3) is 0.818. The first-order valence-corrected chi connectivity index (χ1v) is 14.6. The Morgan fingerprint density at radius 3 is 2.18 bits per heavy atom. The Labute approximate surface area is 231 Å². The summed E-state index contributed by atoms with van der Waals surface area (Å²) in [6.07, 6.45) is 8.64. The summed E-state index contributed by atoms with van der Waals surface area (Å²) in [5.74, 6) is -0.436. The van der Waals surface area contributed by atoms with Gasteiger partial charge in [0.15, 0.2) is 11.6 Å². The summed E-state index contributed by atoms with van der Waals surface area (Å²) in [5, 5.41) is 9.76. The largest absolute Gasteiger partial charge is 0.469 e. The smallest absolute Gasteiger partial charge is 0.312 e. The van der Waals surface area contributed by atoms with Crippen molar-refractivity contribution in [3.05, 3.63) is 11.6 Å². The van der Waals surface area contributed by atoms with Crippen LogP contribution in [0.4, 0.5) is 0 Å². The number of carbonyl (C=O) groups is 3. The van der Waals surface area contributed by atoms with Gasteiger partial charge in [0.1, 0.15) is 5.92 Å². The van der Waals surface area contributed by atoms with Gasteiger partial charge in [0.05, 0.1) is 18.6 Å². The number of rotatable bonds is 1. The lowest BCUT2D eigenvalue weighted by molar-refractivity contribution is -0.178. The molecule has 5 aliphatic carbocycles. The van der Waals surface area contributed by atoms with Gasteiger partial charge in [-0.3, -0.25) is 14.4 Å². The maximum absolute atomic E-state index is 14.1. The highest BCUT2D eigenvalue weighted by molar-refractivity contribution is 5.96. The maximum atomic E-state index is 14.1. The summed E-state index contributed by atoms with van der Waals surface area (Å²) in [5.41, 5.74) is 0.269. The molecule has 5 heteroatoms. The molecule has 4 saturated carbocycles. The van der Waals surface area contributed by atoms with E-state index in [9.17, 15) is 19.6 Å². The van der Waals surface area contributed by atoms with Gasteiger partial charge in [0.25, 0.3) is 0 Å². The molecular weight excluding hydrogens is 474 g/mol. The second kappa shape index (κ2) is 10.2. The molecule has 0 aromatic heterocycles. The van der Waals surface area contributed by atoms with Crippen molar-refractivity contribution in [3.63, 3.8) is 0 Å². The van der Waals surface area contributed by atoms with Crippen molar-refractivity contribution in [1.82, 2.24) is 0 Å². The number of nitriles is 1. The number of ether oxygens (including phenoxy) is 1. The number of allylic oxidation sites excluding steroid dienone is 2. The summed E-state index contributed by atoms with van der Waals surface area (Å²) < 4.78 is 5.37. The predicted molar refractivity (Wildman–Crippen MR) is 150 cm³/mol. The lowest BCUT2D eigenvalue weighted by Gasteiger charge is -2.64. The van der Waals surface area contributed by atoms with Crippen molar-refractivity contribution >= 4 is 17.5 Å². The zero-order chi connectivity index (χ0) is 27.6. The average molecular weight is 526 g/mol. The number of hydrogen-bond acceptors (Lipinski definition) is 5. The summed E-state index contributed by atoms with van der Waals surface area (Å²) in [6, 6.07) is 2.27. The highest BCUT2D eigenvalue weighted by Crippen LogP contribution is 2.70. The monoisotopic (exact) mass is 525 g/mol. The average Bonchev–Trinajstić information content (AvgIpc) is 2.87. The highest BCUT2D eigenvalue weighted by atomic mass is 16.5. The molecule has 38 heavy (non-hydrogen) atoms. The molecule has 9 unspecified atom stereocenters. The Hall–Kier alpha value is -1.96. The zero-order valence-corrected chi connectivity index (χ0v) is 24.3. The fourth-order valence-electron chi connectivity index (χ4n) is 9.89. The second-order valence-corrected chi connectivity index (χ2v) is 13.8. The molecule has 4 fully saturated rings. The molecule has 5 aliphatic rings. The highest BCUT2D eigenvalue weighted by Gasteiger charge is 2.66. The fourth-order valence-corrected chi connectivity index (χ4v) is 9.89. The van der Waals surface area contributed by atoms with E-state index in [0.717, 1.165) is 44.9 Å². The number of hydrogen-bond donors (Lipinski definition) is 0. The van der Waals surface area contributed by atoms with Crippen LogP contribution in [0.15, 0.2) is 11.6 Å². The molecule has 0 spiro atoms. The molecule has 0 radical (unpaired) electrons. The van der Waals surface area contributed by atoms with Crippen LogP contribution in [0.25, 0.3) is 0 Å². The molecule has 0 N–H and O–H groups in total. The quantitative estimate of drug-likeness (QED) is 0.334. The Kier molecular flexibility index (Phi) is 8.22.